The molecule has 0 saturated heterocycles. The molecule has 1 aliphatic carbocycles. The second kappa shape index (κ2) is 10.9. The molecule has 0 spiro atoms. The van der Waals surface area contributed by atoms with Crippen molar-refractivity contribution in [1.29, 1.82) is 0 Å². The fourth-order valence-electron chi connectivity index (χ4n) is 2.36. The van der Waals surface area contributed by atoms with E-state index in [0.29, 0.717) is 0 Å². The zero-order valence-corrected chi connectivity index (χ0v) is 15.0. The fraction of sp³-hybridized carbons (Fsp3) is 0.632. The van der Waals surface area contributed by atoms with Crippen LogP contribution in [0.3, 0.4) is 0 Å². The van der Waals surface area contributed by atoms with E-state index in [1.807, 2.05) is 44.4 Å². The predicted molar refractivity (Wildman–Crippen MR) is 98.7 cm³/mol. The van der Waals surface area contributed by atoms with Crippen molar-refractivity contribution in [2.45, 2.75) is 25.7 Å². The third-order valence-electron chi connectivity index (χ3n) is 4.06. The summed E-state index contributed by atoms with van der Waals surface area (Å²) in [7, 11) is 3.87. The molecule has 1 aromatic rings. The van der Waals surface area contributed by atoms with Gasteiger partial charge in [0.15, 0.2) is 5.96 Å². The van der Waals surface area contributed by atoms with E-state index in [2.05, 4.69) is 15.2 Å². The number of hydrogen-bond donors (Lipinski definition) is 1. The number of hydrogen-bond acceptors (Lipinski definition) is 3. The normalized spacial score (nSPS) is 14.5. The van der Waals surface area contributed by atoms with E-state index in [1.54, 1.807) is 0 Å². The summed E-state index contributed by atoms with van der Waals surface area (Å²) in [6.07, 6.45) is 4.76. The summed E-state index contributed by atoms with van der Waals surface area (Å²) in [6.45, 7) is 4.19. The number of aliphatic imine (C=N–C) groups is 1. The van der Waals surface area contributed by atoms with Gasteiger partial charge in [0.2, 0.25) is 0 Å². The molecule has 0 aliphatic heterocycles. The van der Waals surface area contributed by atoms with Crippen LogP contribution in [-0.4, -0.2) is 57.9 Å². The van der Waals surface area contributed by atoms with E-state index in [0.717, 1.165) is 63.4 Å². The maximum Gasteiger partial charge on any atom is 0.193 e. The smallest absolute Gasteiger partial charge is 0.193 e. The van der Waals surface area contributed by atoms with Gasteiger partial charge in [0.25, 0.3) is 0 Å². The Balaban J connectivity index is 1.49. The summed E-state index contributed by atoms with van der Waals surface area (Å²) in [6, 6.07) is 9.95. The molecule has 5 heteroatoms. The molecule has 0 bridgehead atoms. The number of nitrogens with zero attached hydrogens (tertiary/aromatic N) is 2. The Hall–Kier alpha value is -1.75. The predicted octanol–water partition coefficient (Wildman–Crippen LogP) is 2.78. The molecule has 0 unspecified atom stereocenters. The van der Waals surface area contributed by atoms with Gasteiger partial charge < -0.3 is 19.7 Å². The highest BCUT2D eigenvalue weighted by Gasteiger charge is 2.21. The third-order valence-corrected chi connectivity index (χ3v) is 4.06. The van der Waals surface area contributed by atoms with Crippen LogP contribution < -0.4 is 10.1 Å². The molecule has 1 aromatic carbocycles. The number of unbranched alkanes of at least 4 members (excludes halogenated alkanes) is 1. The van der Waals surface area contributed by atoms with Gasteiger partial charge in [-0.2, -0.15) is 0 Å². The van der Waals surface area contributed by atoms with Crippen LogP contribution in [0, 0.1) is 5.92 Å². The largest absolute Gasteiger partial charge is 0.494 e. The fourth-order valence-corrected chi connectivity index (χ4v) is 2.36. The van der Waals surface area contributed by atoms with Crippen LogP contribution in [-0.2, 0) is 4.74 Å². The molecule has 24 heavy (non-hydrogen) atoms. The Bertz CT molecular complexity index is 475. The maximum absolute atomic E-state index is 5.69. The van der Waals surface area contributed by atoms with Crippen molar-refractivity contribution < 1.29 is 9.47 Å². The lowest BCUT2D eigenvalue weighted by atomic mass is 10.3. The molecule has 1 saturated carbocycles. The van der Waals surface area contributed by atoms with Crippen LogP contribution in [0.5, 0.6) is 5.75 Å². The Morgan fingerprint density at radius 2 is 2.00 bits per heavy atom. The molecule has 5 nitrogen and oxygen atoms in total. The van der Waals surface area contributed by atoms with Crippen LogP contribution in [0.1, 0.15) is 25.7 Å². The Kier molecular flexibility index (Phi) is 8.46. The first-order valence-corrected chi connectivity index (χ1v) is 8.97. The molecule has 1 aliphatic rings. The van der Waals surface area contributed by atoms with Crippen LogP contribution in [0.4, 0.5) is 0 Å². The van der Waals surface area contributed by atoms with Gasteiger partial charge in [0, 0.05) is 33.8 Å². The highest BCUT2D eigenvalue weighted by molar-refractivity contribution is 5.79. The van der Waals surface area contributed by atoms with Gasteiger partial charge in [-0.15, -0.1) is 0 Å². The van der Waals surface area contributed by atoms with Crippen molar-refractivity contribution in [1.82, 2.24) is 10.2 Å². The molecule has 0 aromatic heterocycles. The summed E-state index contributed by atoms with van der Waals surface area (Å²) in [5.41, 5.74) is 0. The molecule has 0 heterocycles. The van der Waals surface area contributed by atoms with Gasteiger partial charge in [0.05, 0.1) is 13.2 Å². The second-order valence-electron chi connectivity index (χ2n) is 6.28. The molecule has 0 radical (unpaired) electrons. The Morgan fingerprint density at radius 1 is 1.21 bits per heavy atom. The summed E-state index contributed by atoms with van der Waals surface area (Å²) in [5, 5.41) is 3.39. The van der Waals surface area contributed by atoms with Crippen molar-refractivity contribution >= 4 is 5.96 Å². The van der Waals surface area contributed by atoms with Crippen molar-refractivity contribution in [2.24, 2.45) is 10.9 Å². The molecule has 2 rings (SSSR count). The summed E-state index contributed by atoms with van der Waals surface area (Å²) < 4.78 is 11.4. The minimum Gasteiger partial charge on any atom is -0.494 e. The van der Waals surface area contributed by atoms with E-state index in [9.17, 15) is 0 Å². The Morgan fingerprint density at radius 3 is 2.71 bits per heavy atom. The minimum absolute atomic E-state index is 0.745. The number of benzene rings is 1. The van der Waals surface area contributed by atoms with E-state index >= 15 is 0 Å². The molecular formula is C19H31N3O2. The summed E-state index contributed by atoms with van der Waals surface area (Å²) in [5.74, 6) is 2.69. The first-order chi connectivity index (χ1) is 11.8. The minimum atomic E-state index is 0.745. The van der Waals surface area contributed by atoms with E-state index in [-0.39, 0.29) is 0 Å². The van der Waals surface area contributed by atoms with E-state index in [4.69, 9.17) is 9.47 Å². The number of nitrogens with one attached hydrogen (secondary N) is 1. The number of likely N-dealkylation sites (N-methyl/N-ethyl adjacent to an activating group) is 1. The molecule has 0 atom stereocenters. The van der Waals surface area contributed by atoms with Gasteiger partial charge in [-0.3, -0.25) is 4.99 Å². The average molecular weight is 333 g/mol. The van der Waals surface area contributed by atoms with Gasteiger partial charge in [-0.1, -0.05) is 18.2 Å². The quantitative estimate of drug-likeness (QED) is 0.384. The lowest BCUT2D eigenvalue weighted by molar-refractivity contribution is 0.115. The molecule has 1 fully saturated rings. The lowest BCUT2D eigenvalue weighted by Gasteiger charge is -2.22. The van der Waals surface area contributed by atoms with Gasteiger partial charge >= 0.3 is 0 Å². The second-order valence-corrected chi connectivity index (χ2v) is 6.28. The zero-order valence-electron chi connectivity index (χ0n) is 15.0. The van der Waals surface area contributed by atoms with Gasteiger partial charge in [-0.25, -0.2) is 0 Å². The van der Waals surface area contributed by atoms with Crippen molar-refractivity contribution in [3.05, 3.63) is 30.3 Å². The summed E-state index contributed by atoms with van der Waals surface area (Å²) >= 11 is 0. The van der Waals surface area contributed by atoms with E-state index in [1.165, 1.54) is 12.8 Å². The van der Waals surface area contributed by atoms with Crippen molar-refractivity contribution in [3.8, 4) is 5.75 Å². The van der Waals surface area contributed by atoms with Crippen molar-refractivity contribution in [3.63, 3.8) is 0 Å². The molecule has 134 valence electrons. The monoisotopic (exact) mass is 333 g/mol. The van der Waals surface area contributed by atoms with Crippen LogP contribution >= 0.6 is 0 Å². The van der Waals surface area contributed by atoms with Gasteiger partial charge in [0.1, 0.15) is 5.75 Å². The highest BCUT2D eigenvalue weighted by Crippen LogP contribution is 2.28. The molecular weight excluding hydrogens is 302 g/mol. The molecule has 1 N–H and O–H groups in total. The van der Waals surface area contributed by atoms with Gasteiger partial charge in [-0.05, 0) is 43.7 Å². The highest BCUT2D eigenvalue weighted by atomic mass is 16.5. The maximum atomic E-state index is 5.69. The first kappa shape index (κ1) is 18.6. The van der Waals surface area contributed by atoms with Crippen LogP contribution in [0.2, 0.25) is 0 Å². The molecule has 0 amide bonds. The van der Waals surface area contributed by atoms with Crippen molar-refractivity contribution in [2.75, 3.05) is 47.0 Å². The zero-order chi connectivity index (χ0) is 17.0. The number of rotatable bonds is 11. The number of guanidine groups is 1. The summed E-state index contributed by atoms with van der Waals surface area (Å²) in [4.78, 5) is 6.44. The average Bonchev–Trinajstić information content (AvgIpc) is 3.43. The van der Waals surface area contributed by atoms with Crippen LogP contribution in [0.25, 0.3) is 0 Å². The topological polar surface area (TPSA) is 46.1 Å². The first-order valence-electron chi connectivity index (χ1n) is 8.97. The SMILES string of the molecule is CN=C(NCCCCOc1ccccc1)N(C)CCOCC1CC1. The number of ether oxygens (including phenoxy) is 2. The van der Waals surface area contributed by atoms with E-state index < -0.39 is 0 Å². The Labute approximate surface area is 146 Å². The lowest BCUT2D eigenvalue weighted by Crippen LogP contribution is -2.41. The standard InChI is InChI=1S/C19H31N3O2/c1-20-19(22(2)13-15-23-16-17-10-11-17)21-12-6-7-14-24-18-8-4-3-5-9-18/h3-5,8-9,17H,6-7,10-16H2,1-2H3,(H,20,21). The third kappa shape index (κ3) is 7.68. The van der Waals surface area contributed by atoms with Crippen LogP contribution in [0.15, 0.2) is 35.3 Å². The number of para-hydroxylation sites is 1.